The number of hydrogen-bond donors (Lipinski definition) is 1. The Labute approximate surface area is 188 Å². The van der Waals surface area contributed by atoms with Gasteiger partial charge in [-0.1, -0.05) is 31.0 Å². The molecule has 1 aliphatic carbocycles. The summed E-state index contributed by atoms with van der Waals surface area (Å²) in [7, 11) is -3.75. The Hall–Kier alpha value is -2.29. The van der Waals surface area contributed by atoms with Gasteiger partial charge in [-0.05, 0) is 62.6 Å². The predicted octanol–water partition coefficient (Wildman–Crippen LogP) is 3.82. The molecule has 1 heterocycles. The molecule has 6 nitrogen and oxygen atoms in total. The number of nitrogens with one attached hydrogen (secondary N) is 1. The van der Waals surface area contributed by atoms with E-state index in [1.165, 1.54) is 28.6 Å². The van der Waals surface area contributed by atoms with Crippen molar-refractivity contribution in [3.8, 4) is 0 Å². The molecule has 2 fully saturated rings. The summed E-state index contributed by atoms with van der Waals surface area (Å²) in [4.78, 5) is 13.3. The number of rotatable bonds is 5. The molecule has 4 rings (SSSR count). The molecule has 1 saturated heterocycles. The SMILES string of the molecule is CC1CN(S(=O)(=O)c2cccc(C(=O)NC3(c4ccc(F)cc4)CCCC3)c2)CC(C)O1. The van der Waals surface area contributed by atoms with Gasteiger partial charge in [0.05, 0.1) is 22.6 Å². The fourth-order valence-corrected chi connectivity index (χ4v) is 6.43. The Morgan fingerprint density at radius 3 is 2.31 bits per heavy atom. The molecule has 0 radical (unpaired) electrons. The molecule has 1 N–H and O–H groups in total. The third kappa shape index (κ3) is 4.58. The van der Waals surface area contributed by atoms with E-state index < -0.39 is 15.6 Å². The molecule has 0 bridgehead atoms. The van der Waals surface area contributed by atoms with Crippen LogP contribution in [0.3, 0.4) is 0 Å². The van der Waals surface area contributed by atoms with Gasteiger partial charge in [-0.15, -0.1) is 0 Å². The first-order chi connectivity index (χ1) is 15.2. The van der Waals surface area contributed by atoms with Crippen molar-refractivity contribution in [3.63, 3.8) is 0 Å². The van der Waals surface area contributed by atoms with Crippen LogP contribution in [0.25, 0.3) is 0 Å². The molecular weight excluding hydrogens is 431 g/mol. The van der Waals surface area contributed by atoms with Crippen LogP contribution in [0.2, 0.25) is 0 Å². The normalized spacial score (nSPS) is 23.7. The van der Waals surface area contributed by atoms with E-state index in [4.69, 9.17) is 4.74 Å². The van der Waals surface area contributed by atoms with E-state index in [0.29, 0.717) is 0 Å². The van der Waals surface area contributed by atoms with Crippen LogP contribution in [0.5, 0.6) is 0 Å². The third-order valence-corrected chi connectivity index (χ3v) is 8.15. The average molecular weight is 461 g/mol. The van der Waals surface area contributed by atoms with Crippen molar-refractivity contribution in [1.29, 1.82) is 0 Å². The maximum absolute atomic E-state index is 13.4. The lowest BCUT2D eigenvalue weighted by Crippen LogP contribution is -2.48. The predicted molar refractivity (Wildman–Crippen MR) is 119 cm³/mol. The Balaban J connectivity index is 1.59. The van der Waals surface area contributed by atoms with E-state index >= 15 is 0 Å². The van der Waals surface area contributed by atoms with Crippen LogP contribution in [-0.2, 0) is 20.3 Å². The minimum absolute atomic E-state index is 0.0914. The number of halogens is 1. The second-order valence-corrected chi connectivity index (χ2v) is 10.8. The molecule has 2 atom stereocenters. The molecule has 2 aliphatic rings. The molecule has 2 unspecified atom stereocenters. The third-order valence-electron chi connectivity index (χ3n) is 6.33. The van der Waals surface area contributed by atoms with E-state index in [1.54, 1.807) is 24.3 Å². The number of hydrogen-bond acceptors (Lipinski definition) is 4. The molecule has 32 heavy (non-hydrogen) atoms. The highest BCUT2D eigenvalue weighted by Crippen LogP contribution is 2.39. The van der Waals surface area contributed by atoms with Crippen LogP contribution in [0.1, 0.15) is 55.5 Å². The number of sulfonamides is 1. The van der Waals surface area contributed by atoms with E-state index in [9.17, 15) is 17.6 Å². The van der Waals surface area contributed by atoms with Gasteiger partial charge >= 0.3 is 0 Å². The van der Waals surface area contributed by atoms with Gasteiger partial charge in [0, 0.05) is 18.7 Å². The summed E-state index contributed by atoms with van der Waals surface area (Å²) in [5, 5.41) is 3.13. The molecule has 1 saturated carbocycles. The van der Waals surface area contributed by atoms with Crippen LogP contribution < -0.4 is 5.32 Å². The first kappa shape index (κ1) is 22.9. The maximum Gasteiger partial charge on any atom is 0.252 e. The summed E-state index contributed by atoms with van der Waals surface area (Å²) >= 11 is 0. The van der Waals surface area contributed by atoms with Crippen molar-refractivity contribution in [2.45, 2.75) is 62.2 Å². The van der Waals surface area contributed by atoms with Crippen LogP contribution >= 0.6 is 0 Å². The molecule has 1 aliphatic heterocycles. The van der Waals surface area contributed by atoms with Gasteiger partial charge in [0.2, 0.25) is 10.0 Å². The second kappa shape index (κ2) is 8.92. The fraction of sp³-hybridized carbons (Fsp3) is 0.458. The molecule has 0 spiro atoms. The zero-order valence-electron chi connectivity index (χ0n) is 18.4. The van der Waals surface area contributed by atoms with E-state index in [2.05, 4.69) is 5.32 Å². The number of benzene rings is 2. The Bertz CT molecular complexity index is 1070. The zero-order valence-corrected chi connectivity index (χ0v) is 19.2. The van der Waals surface area contributed by atoms with Gasteiger partial charge in [0.25, 0.3) is 5.91 Å². The van der Waals surface area contributed by atoms with Gasteiger partial charge in [0.1, 0.15) is 5.82 Å². The number of nitrogens with zero attached hydrogens (tertiary/aromatic N) is 1. The Morgan fingerprint density at radius 1 is 1.06 bits per heavy atom. The summed E-state index contributed by atoms with van der Waals surface area (Å²) in [6.07, 6.45) is 3.03. The van der Waals surface area contributed by atoms with Gasteiger partial charge in [-0.2, -0.15) is 4.31 Å². The number of ether oxygens (including phenoxy) is 1. The summed E-state index contributed by atoms with van der Waals surface area (Å²) in [6.45, 7) is 4.24. The fourth-order valence-electron chi connectivity index (χ4n) is 4.80. The molecule has 2 aromatic carbocycles. The largest absolute Gasteiger partial charge is 0.373 e. The van der Waals surface area contributed by atoms with E-state index in [1.807, 2.05) is 13.8 Å². The molecule has 0 aromatic heterocycles. The average Bonchev–Trinajstić information content (AvgIpc) is 3.23. The van der Waals surface area contributed by atoms with Crippen molar-refractivity contribution in [2.75, 3.05) is 13.1 Å². The molecular formula is C24H29FN2O4S. The lowest BCUT2D eigenvalue weighted by Gasteiger charge is -2.34. The lowest BCUT2D eigenvalue weighted by molar-refractivity contribution is -0.0440. The second-order valence-electron chi connectivity index (χ2n) is 8.86. The van der Waals surface area contributed by atoms with Crippen LogP contribution in [0.4, 0.5) is 4.39 Å². The molecule has 1 amide bonds. The topological polar surface area (TPSA) is 75.7 Å². The quantitative estimate of drug-likeness (QED) is 0.736. The number of amides is 1. The van der Waals surface area contributed by atoms with Gasteiger partial charge in [-0.3, -0.25) is 4.79 Å². The Morgan fingerprint density at radius 2 is 1.69 bits per heavy atom. The number of carbonyl (C=O) groups is 1. The first-order valence-electron chi connectivity index (χ1n) is 11.0. The summed E-state index contributed by atoms with van der Waals surface area (Å²) in [5.41, 5.74) is 0.577. The Kier molecular flexibility index (Phi) is 6.38. The highest BCUT2D eigenvalue weighted by molar-refractivity contribution is 7.89. The van der Waals surface area contributed by atoms with Crippen LogP contribution in [-0.4, -0.2) is 43.9 Å². The molecule has 172 valence electrons. The summed E-state index contributed by atoms with van der Waals surface area (Å²) < 4.78 is 46.9. The van der Waals surface area contributed by atoms with E-state index in [0.717, 1.165) is 31.2 Å². The smallest absolute Gasteiger partial charge is 0.252 e. The monoisotopic (exact) mass is 460 g/mol. The van der Waals surface area contributed by atoms with Gasteiger partial charge < -0.3 is 10.1 Å². The van der Waals surface area contributed by atoms with Crippen molar-refractivity contribution >= 4 is 15.9 Å². The number of morpholine rings is 1. The van der Waals surface area contributed by atoms with Crippen molar-refractivity contribution in [3.05, 3.63) is 65.5 Å². The van der Waals surface area contributed by atoms with E-state index in [-0.39, 0.29) is 47.5 Å². The highest BCUT2D eigenvalue weighted by Gasteiger charge is 2.38. The maximum atomic E-state index is 13.4. The van der Waals surface area contributed by atoms with Crippen molar-refractivity contribution in [1.82, 2.24) is 9.62 Å². The van der Waals surface area contributed by atoms with Crippen molar-refractivity contribution in [2.24, 2.45) is 0 Å². The number of carbonyl (C=O) groups excluding carboxylic acids is 1. The lowest BCUT2D eigenvalue weighted by atomic mass is 9.87. The minimum atomic E-state index is -3.75. The standard InChI is InChI=1S/C24H29FN2O4S/c1-17-15-27(16-18(2)31-17)32(29,30)22-7-5-6-19(14-22)23(28)26-24(12-3-4-13-24)20-8-10-21(25)11-9-20/h5-11,14,17-18H,3-4,12-13,15-16H2,1-2H3,(H,26,28). The molecule has 8 heteroatoms. The van der Waals surface area contributed by atoms with Gasteiger partial charge in [0.15, 0.2) is 0 Å². The molecule has 2 aromatic rings. The van der Waals surface area contributed by atoms with Crippen LogP contribution in [0, 0.1) is 5.82 Å². The summed E-state index contributed by atoms with van der Waals surface area (Å²) in [6, 6.07) is 12.4. The van der Waals surface area contributed by atoms with Crippen LogP contribution in [0.15, 0.2) is 53.4 Å². The van der Waals surface area contributed by atoms with Gasteiger partial charge in [-0.25, -0.2) is 12.8 Å². The van der Waals surface area contributed by atoms with Crippen molar-refractivity contribution < 1.29 is 22.3 Å². The first-order valence-corrected chi connectivity index (χ1v) is 12.5. The highest BCUT2D eigenvalue weighted by atomic mass is 32.2. The zero-order chi connectivity index (χ0) is 22.9. The summed E-state index contributed by atoms with van der Waals surface area (Å²) in [5.74, 6) is -0.658. The minimum Gasteiger partial charge on any atom is -0.373 e.